The van der Waals surface area contributed by atoms with Crippen LogP contribution in [-0.2, 0) is 16.0 Å². The van der Waals surface area contributed by atoms with Crippen molar-refractivity contribution < 1.29 is 9.59 Å². The van der Waals surface area contributed by atoms with Crippen molar-refractivity contribution in [1.29, 1.82) is 0 Å². The summed E-state index contributed by atoms with van der Waals surface area (Å²) in [5, 5.41) is 9.74. The van der Waals surface area contributed by atoms with Gasteiger partial charge in [0.2, 0.25) is 11.8 Å². The summed E-state index contributed by atoms with van der Waals surface area (Å²) >= 11 is 0. The molecule has 1 aliphatic heterocycles. The Morgan fingerprint density at radius 3 is 2.68 bits per heavy atom. The maximum atomic E-state index is 12.1. The Kier molecular flexibility index (Phi) is 4.19. The lowest BCUT2D eigenvalue weighted by Crippen LogP contribution is -2.40. The minimum absolute atomic E-state index is 0.00245. The molecule has 6 nitrogen and oxygen atoms in total. The molecule has 0 aliphatic carbocycles. The van der Waals surface area contributed by atoms with E-state index < -0.39 is 0 Å². The monoisotopic (exact) mass is 264 g/mol. The highest BCUT2D eigenvalue weighted by Crippen LogP contribution is 2.19. The summed E-state index contributed by atoms with van der Waals surface area (Å²) in [5.74, 6) is 0.629. The van der Waals surface area contributed by atoms with Crippen LogP contribution in [0.15, 0.2) is 6.07 Å². The average molecular weight is 264 g/mol. The van der Waals surface area contributed by atoms with Crippen LogP contribution in [0, 0.1) is 5.92 Å². The van der Waals surface area contributed by atoms with Gasteiger partial charge < -0.3 is 10.2 Å². The molecule has 0 aromatic carbocycles. The van der Waals surface area contributed by atoms with Gasteiger partial charge in [-0.25, -0.2) is 0 Å². The van der Waals surface area contributed by atoms with Crippen LogP contribution in [0.2, 0.25) is 0 Å². The molecule has 0 atom stereocenters. The number of amides is 2. The number of rotatable bonds is 3. The number of H-pyrrole nitrogens is 1. The lowest BCUT2D eigenvalue weighted by atomic mass is 9.96. The Bertz CT molecular complexity index is 461. The summed E-state index contributed by atoms with van der Waals surface area (Å²) in [5.41, 5.74) is 1.00. The molecule has 0 radical (unpaired) electrons. The molecule has 0 bridgehead atoms. The third-order valence-electron chi connectivity index (χ3n) is 3.57. The van der Waals surface area contributed by atoms with Gasteiger partial charge in [0.25, 0.3) is 0 Å². The highest BCUT2D eigenvalue weighted by atomic mass is 16.2. The number of aromatic amines is 1. The van der Waals surface area contributed by atoms with Crippen molar-refractivity contribution in [3.63, 3.8) is 0 Å². The second-order valence-electron chi connectivity index (χ2n) is 4.90. The largest absolute Gasteiger partial charge is 0.343 e. The molecule has 2 heterocycles. The fraction of sp³-hybridized carbons (Fsp3) is 0.615. The Labute approximate surface area is 112 Å². The summed E-state index contributed by atoms with van der Waals surface area (Å²) < 4.78 is 0. The first kappa shape index (κ1) is 13.6. The standard InChI is InChI=1S/C13H20N4O2/c1-3-11-8-12(16-15-11)14-13(19)10-4-6-17(7-5-10)9(2)18/h8,10H,3-7H2,1-2H3,(H2,14,15,16,19). The zero-order chi connectivity index (χ0) is 13.8. The number of carbonyl (C=O) groups excluding carboxylic acids is 2. The van der Waals surface area contributed by atoms with Gasteiger partial charge in [-0.1, -0.05) is 6.92 Å². The van der Waals surface area contributed by atoms with E-state index in [0.29, 0.717) is 18.9 Å². The Balaban J connectivity index is 1.86. The summed E-state index contributed by atoms with van der Waals surface area (Å²) in [6.07, 6.45) is 2.30. The fourth-order valence-corrected chi connectivity index (χ4v) is 2.29. The fourth-order valence-electron chi connectivity index (χ4n) is 2.29. The maximum absolute atomic E-state index is 12.1. The Hall–Kier alpha value is -1.85. The third-order valence-corrected chi connectivity index (χ3v) is 3.57. The lowest BCUT2D eigenvalue weighted by Gasteiger charge is -2.30. The second-order valence-corrected chi connectivity index (χ2v) is 4.90. The van der Waals surface area contributed by atoms with Crippen LogP contribution in [-0.4, -0.2) is 40.0 Å². The number of nitrogens with one attached hydrogen (secondary N) is 2. The second kappa shape index (κ2) is 5.86. The lowest BCUT2D eigenvalue weighted by molar-refractivity contribution is -0.132. The number of aromatic nitrogens is 2. The van der Waals surface area contributed by atoms with Crippen LogP contribution >= 0.6 is 0 Å². The third kappa shape index (κ3) is 3.33. The number of hydrogen-bond acceptors (Lipinski definition) is 3. The van der Waals surface area contributed by atoms with Crippen LogP contribution in [0.3, 0.4) is 0 Å². The van der Waals surface area contributed by atoms with Gasteiger partial charge in [0, 0.05) is 37.7 Å². The highest BCUT2D eigenvalue weighted by Gasteiger charge is 2.26. The van der Waals surface area contributed by atoms with E-state index in [2.05, 4.69) is 15.5 Å². The molecule has 6 heteroatoms. The molecule has 0 saturated carbocycles. The number of piperidine rings is 1. The predicted molar refractivity (Wildman–Crippen MR) is 71.6 cm³/mol. The Morgan fingerprint density at radius 1 is 1.47 bits per heavy atom. The van der Waals surface area contributed by atoms with Crippen LogP contribution in [0.1, 0.15) is 32.4 Å². The van der Waals surface area contributed by atoms with Gasteiger partial charge in [-0.2, -0.15) is 5.10 Å². The molecule has 2 rings (SSSR count). The molecular weight excluding hydrogens is 244 g/mol. The van der Waals surface area contributed by atoms with Crippen molar-refractivity contribution in [3.8, 4) is 0 Å². The maximum Gasteiger partial charge on any atom is 0.228 e. The molecule has 1 fully saturated rings. The van der Waals surface area contributed by atoms with Gasteiger partial charge >= 0.3 is 0 Å². The molecule has 104 valence electrons. The van der Waals surface area contributed by atoms with E-state index >= 15 is 0 Å². The van der Waals surface area contributed by atoms with E-state index in [1.165, 1.54) is 0 Å². The summed E-state index contributed by atoms with van der Waals surface area (Å²) in [6.45, 7) is 4.91. The van der Waals surface area contributed by atoms with Crippen LogP contribution in [0.25, 0.3) is 0 Å². The highest BCUT2D eigenvalue weighted by molar-refractivity contribution is 5.91. The van der Waals surface area contributed by atoms with Gasteiger partial charge in [0.05, 0.1) is 0 Å². The summed E-state index contributed by atoms with van der Waals surface area (Å²) in [7, 11) is 0. The minimum Gasteiger partial charge on any atom is -0.343 e. The van der Waals surface area contributed by atoms with Crippen LogP contribution < -0.4 is 5.32 Å². The number of carbonyl (C=O) groups is 2. The molecule has 0 spiro atoms. The molecule has 19 heavy (non-hydrogen) atoms. The van der Waals surface area contributed by atoms with Crippen molar-refractivity contribution in [1.82, 2.24) is 15.1 Å². The van der Waals surface area contributed by atoms with Crippen molar-refractivity contribution in [2.45, 2.75) is 33.1 Å². The van der Waals surface area contributed by atoms with Crippen molar-refractivity contribution >= 4 is 17.6 Å². The number of aryl methyl sites for hydroxylation is 1. The average Bonchev–Trinajstić information content (AvgIpc) is 2.86. The summed E-state index contributed by atoms with van der Waals surface area (Å²) in [4.78, 5) is 25.1. The van der Waals surface area contributed by atoms with E-state index in [0.717, 1.165) is 25.0 Å². The zero-order valence-corrected chi connectivity index (χ0v) is 11.4. The number of nitrogens with zero attached hydrogens (tertiary/aromatic N) is 2. The van der Waals surface area contributed by atoms with Gasteiger partial charge in [0.1, 0.15) is 0 Å². The molecule has 1 aliphatic rings. The van der Waals surface area contributed by atoms with Crippen molar-refractivity contribution in [3.05, 3.63) is 11.8 Å². The molecule has 2 N–H and O–H groups in total. The number of anilines is 1. The first-order chi connectivity index (χ1) is 9.10. The SMILES string of the molecule is CCc1cc(NC(=O)C2CCN(C(C)=O)CC2)n[nH]1. The molecule has 1 saturated heterocycles. The van der Waals surface area contributed by atoms with Gasteiger partial charge in [-0.05, 0) is 19.3 Å². The predicted octanol–water partition coefficient (Wildman–Crippen LogP) is 1.17. The van der Waals surface area contributed by atoms with E-state index in [4.69, 9.17) is 0 Å². The zero-order valence-electron chi connectivity index (χ0n) is 11.4. The van der Waals surface area contributed by atoms with E-state index in [9.17, 15) is 9.59 Å². The molecular formula is C13H20N4O2. The van der Waals surface area contributed by atoms with Crippen LogP contribution in [0.5, 0.6) is 0 Å². The molecule has 0 unspecified atom stereocenters. The van der Waals surface area contributed by atoms with Crippen molar-refractivity contribution in [2.24, 2.45) is 5.92 Å². The smallest absolute Gasteiger partial charge is 0.228 e. The van der Waals surface area contributed by atoms with Gasteiger partial charge in [0.15, 0.2) is 5.82 Å². The number of hydrogen-bond donors (Lipinski definition) is 2. The normalized spacial score (nSPS) is 16.4. The van der Waals surface area contributed by atoms with E-state index in [-0.39, 0.29) is 17.7 Å². The number of likely N-dealkylation sites (tertiary alicyclic amines) is 1. The first-order valence-corrected chi connectivity index (χ1v) is 6.70. The summed E-state index contributed by atoms with van der Waals surface area (Å²) in [6, 6.07) is 1.85. The van der Waals surface area contributed by atoms with E-state index in [1.807, 2.05) is 13.0 Å². The molecule has 1 aromatic rings. The topological polar surface area (TPSA) is 78.1 Å². The van der Waals surface area contributed by atoms with E-state index in [1.54, 1.807) is 11.8 Å². The first-order valence-electron chi connectivity index (χ1n) is 6.70. The molecule has 1 aromatic heterocycles. The minimum atomic E-state index is -0.0302. The molecule has 2 amide bonds. The van der Waals surface area contributed by atoms with Crippen molar-refractivity contribution in [2.75, 3.05) is 18.4 Å². The quantitative estimate of drug-likeness (QED) is 0.860. The van der Waals surface area contributed by atoms with Crippen LogP contribution in [0.4, 0.5) is 5.82 Å². The van der Waals surface area contributed by atoms with Gasteiger partial charge in [-0.15, -0.1) is 0 Å². The Morgan fingerprint density at radius 2 is 2.16 bits per heavy atom. The van der Waals surface area contributed by atoms with Gasteiger partial charge in [-0.3, -0.25) is 14.7 Å².